The number of piperidine rings is 1. The van der Waals surface area contributed by atoms with E-state index in [0.29, 0.717) is 12.3 Å². The van der Waals surface area contributed by atoms with Crippen LogP contribution in [0.5, 0.6) is 0 Å². The molecule has 6 heteroatoms. The first kappa shape index (κ1) is 21.3. The minimum atomic E-state index is -0.456. The molecule has 1 aliphatic rings. The fourth-order valence-corrected chi connectivity index (χ4v) is 4.58. The third-order valence-electron chi connectivity index (χ3n) is 6.24. The molecule has 0 radical (unpaired) electrons. The van der Waals surface area contributed by atoms with E-state index in [0.717, 1.165) is 48.2 Å². The lowest BCUT2D eigenvalue weighted by atomic mass is 9.93. The van der Waals surface area contributed by atoms with Crippen molar-refractivity contribution in [1.29, 1.82) is 0 Å². The number of halogens is 1. The molecular weight excluding hydrogens is 417 g/mol. The number of hydrogen-bond donors (Lipinski definition) is 1. The normalized spacial score (nSPS) is 15.4. The molecule has 0 saturated carbocycles. The van der Waals surface area contributed by atoms with E-state index in [1.165, 1.54) is 12.1 Å². The highest BCUT2D eigenvalue weighted by Crippen LogP contribution is 2.33. The summed E-state index contributed by atoms with van der Waals surface area (Å²) in [5, 5.41) is 4.33. The monoisotopic (exact) mass is 443 g/mol. The van der Waals surface area contributed by atoms with Crippen molar-refractivity contribution in [2.24, 2.45) is 5.92 Å². The number of pyridine rings is 1. The quantitative estimate of drug-likeness (QED) is 0.451. The first-order chi connectivity index (χ1) is 16.2. The summed E-state index contributed by atoms with van der Waals surface area (Å²) in [6, 6.07) is 21.3. The second-order valence-corrected chi connectivity index (χ2v) is 8.45. The number of benzene rings is 2. The van der Waals surface area contributed by atoms with E-state index < -0.39 is 6.04 Å². The van der Waals surface area contributed by atoms with Gasteiger partial charge in [0.1, 0.15) is 17.2 Å². The third-order valence-corrected chi connectivity index (χ3v) is 6.24. The van der Waals surface area contributed by atoms with Crippen molar-refractivity contribution in [3.05, 3.63) is 102 Å². The molecule has 5 nitrogen and oxygen atoms in total. The Kier molecular flexibility index (Phi) is 6.17. The number of rotatable bonds is 6. The number of carbonyl (C=O) groups is 1. The Labute approximate surface area is 192 Å². The van der Waals surface area contributed by atoms with Crippen LogP contribution in [0.25, 0.3) is 11.0 Å². The zero-order valence-corrected chi connectivity index (χ0v) is 18.3. The van der Waals surface area contributed by atoms with Gasteiger partial charge in [-0.05, 0) is 67.9 Å². The first-order valence-electron chi connectivity index (χ1n) is 11.3. The van der Waals surface area contributed by atoms with Gasteiger partial charge in [0, 0.05) is 17.5 Å². The zero-order chi connectivity index (χ0) is 22.6. The van der Waals surface area contributed by atoms with Crippen molar-refractivity contribution in [3.8, 4) is 0 Å². The van der Waals surface area contributed by atoms with E-state index in [4.69, 9.17) is 4.42 Å². The first-order valence-corrected chi connectivity index (χ1v) is 11.3. The van der Waals surface area contributed by atoms with Gasteiger partial charge < -0.3 is 14.6 Å². The predicted octanol–water partition coefficient (Wildman–Crippen LogP) is 5.08. The number of amides is 1. The van der Waals surface area contributed by atoms with Crippen molar-refractivity contribution in [1.82, 2.24) is 15.2 Å². The van der Waals surface area contributed by atoms with Crippen molar-refractivity contribution in [3.63, 3.8) is 0 Å². The van der Waals surface area contributed by atoms with Gasteiger partial charge in [-0.3, -0.25) is 9.78 Å². The molecule has 33 heavy (non-hydrogen) atoms. The Hall–Kier alpha value is -3.51. The van der Waals surface area contributed by atoms with Crippen LogP contribution in [0.1, 0.15) is 35.9 Å². The molecule has 3 heterocycles. The summed E-state index contributed by atoms with van der Waals surface area (Å²) in [5.41, 5.74) is 2.34. The summed E-state index contributed by atoms with van der Waals surface area (Å²) in [6.07, 6.45) is 3.29. The summed E-state index contributed by atoms with van der Waals surface area (Å²) < 4.78 is 19.8. The summed E-state index contributed by atoms with van der Waals surface area (Å²) in [5.74, 6) is 0.382. The fraction of sp³-hybridized carbons (Fsp3) is 0.259. The van der Waals surface area contributed by atoms with Crippen LogP contribution < -0.4 is 5.32 Å². The van der Waals surface area contributed by atoms with Crippen molar-refractivity contribution in [2.45, 2.75) is 25.4 Å². The molecule has 1 aliphatic heterocycles. The highest BCUT2D eigenvalue weighted by Gasteiger charge is 2.33. The van der Waals surface area contributed by atoms with Gasteiger partial charge in [-0.1, -0.05) is 36.4 Å². The van der Waals surface area contributed by atoms with E-state index in [1.54, 1.807) is 18.3 Å². The van der Waals surface area contributed by atoms with Gasteiger partial charge in [0.15, 0.2) is 0 Å². The van der Waals surface area contributed by atoms with E-state index in [1.807, 2.05) is 53.4 Å². The lowest BCUT2D eigenvalue weighted by Gasteiger charge is -2.35. The Morgan fingerprint density at radius 3 is 2.55 bits per heavy atom. The van der Waals surface area contributed by atoms with Crippen molar-refractivity contribution in [2.75, 3.05) is 13.1 Å². The van der Waals surface area contributed by atoms with Crippen molar-refractivity contribution < 1.29 is 13.6 Å². The molecule has 1 unspecified atom stereocenters. The lowest BCUT2D eigenvalue weighted by Crippen LogP contribution is -2.43. The number of nitrogens with one attached hydrogen (secondary N) is 1. The fourth-order valence-electron chi connectivity index (χ4n) is 4.58. The number of aromatic nitrogens is 1. The number of carbonyl (C=O) groups excluding carboxylic acids is 1. The SMILES string of the molecule is O=C(C1CCNCC1)N(Cc1cc2ccccc2o1)C(c1ccc(F)cc1)c1ccccn1. The molecule has 0 bridgehead atoms. The Morgan fingerprint density at radius 2 is 1.82 bits per heavy atom. The minimum absolute atomic E-state index is 0.0666. The highest BCUT2D eigenvalue weighted by atomic mass is 19.1. The van der Waals surface area contributed by atoms with Gasteiger partial charge in [0.05, 0.1) is 18.3 Å². The van der Waals surface area contributed by atoms with Crippen LogP contribution in [0, 0.1) is 11.7 Å². The maximum absolute atomic E-state index is 13.9. The molecule has 2 aromatic carbocycles. The molecule has 0 spiro atoms. The number of fused-ring (bicyclic) bond motifs is 1. The maximum atomic E-state index is 13.9. The average Bonchev–Trinajstić information content (AvgIpc) is 3.28. The number of furan rings is 1. The summed E-state index contributed by atoms with van der Waals surface area (Å²) in [6.45, 7) is 1.94. The molecule has 168 valence electrons. The zero-order valence-electron chi connectivity index (χ0n) is 18.3. The van der Waals surface area contributed by atoms with Gasteiger partial charge in [-0.2, -0.15) is 0 Å². The topological polar surface area (TPSA) is 58.4 Å². The summed E-state index contributed by atoms with van der Waals surface area (Å²) in [4.78, 5) is 20.4. The third kappa shape index (κ3) is 4.66. The van der Waals surface area contributed by atoms with Gasteiger partial charge in [0.2, 0.25) is 5.91 Å². The minimum Gasteiger partial charge on any atom is -0.459 e. The molecule has 2 aromatic heterocycles. The smallest absolute Gasteiger partial charge is 0.227 e. The molecule has 1 saturated heterocycles. The Bertz CT molecular complexity index is 1180. The van der Waals surface area contributed by atoms with Crippen LogP contribution >= 0.6 is 0 Å². The molecule has 1 N–H and O–H groups in total. The average molecular weight is 444 g/mol. The standard InChI is InChI=1S/C27H26FN3O2/c28-22-10-8-19(9-11-22)26(24-6-3-4-14-30-24)31(27(32)20-12-15-29-16-13-20)18-23-17-21-5-1-2-7-25(21)33-23/h1-11,14,17,20,26,29H,12-13,15-16,18H2. The molecule has 1 amide bonds. The molecular formula is C27H26FN3O2. The van der Waals surface area contributed by atoms with Crippen LogP contribution in [0.2, 0.25) is 0 Å². The largest absolute Gasteiger partial charge is 0.459 e. The van der Waals surface area contributed by atoms with E-state index >= 15 is 0 Å². The second-order valence-electron chi connectivity index (χ2n) is 8.45. The molecule has 1 atom stereocenters. The van der Waals surface area contributed by atoms with Gasteiger partial charge in [-0.15, -0.1) is 0 Å². The van der Waals surface area contributed by atoms with Gasteiger partial charge in [0.25, 0.3) is 0 Å². The molecule has 5 rings (SSSR count). The Balaban J connectivity index is 1.58. The summed E-state index contributed by atoms with van der Waals surface area (Å²) in [7, 11) is 0. The number of hydrogen-bond acceptors (Lipinski definition) is 4. The van der Waals surface area contributed by atoms with Crippen LogP contribution in [0.4, 0.5) is 4.39 Å². The van der Waals surface area contributed by atoms with Crippen LogP contribution in [0.3, 0.4) is 0 Å². The lowest BCUT2D eigenvalue weighted by molar-refractivity contribution is -0.139. The van der Waals surface area contributed by atoms with E-state index in [9.17, 15) is 9.18 Å². The second kappa shape index (κ2) is 9.55. The summed E-state index contributed by atoms with van der Waals surface area (Å²) >= 11 is 0. The van der Waals surface area contributed by atoms with Gasteiger partial charge in [-0.25, -0.2) is 4.39 Å². The highest BCUT2D eigenvalue weighted by molar-refractivity contribution is 5.81. The molecule has 4 aromatic rings. The van der Waals surface area contributed by atoms with Crippen LogP contribution in [-0.2, 0) is 11.3 Å². The van der Waals surface area contributed by atoms with E-state index in [2.05, 4.69) is 10.3 Å². The van der Waals surface area contributed by atoms with Gasteiger partial charge >= 0.3 is 0 Å². The Morgan fingerprint density at radius 1 is 1.06 bits per heavy atom. The molecule has 1 fully saturated rings. The van der Waals surface area contributed by atoms with Crippen LogP contribution in [0.15, 0.2) is 83.4 Å². The van der Waals surface area contributed by atoms with E-state index in [-0.39, 0.29) is 17.6 Å². The number of nitrogens with zero attached hydrogens (tertiary/aromatic N) is 2. The maximum Gasteiger partial charge on any atom is 0.227 e. The van der Waals surface area contributed by atoms with Crippen molar-refractivity contribution >= 4 is 16.9 Å². The van der Waals surface area contributed by atoms with Crippen LogP contribution in [-0.4, -0.2) is 28.9 Å². The number of para-hydroxylation sites is 1. The molecule has 0 aliphatic carbocycles. The predicted molar refractivity (Wildman–Crippen MR) is 125 cm³/mol.